The summed E-state index contributed by atoms with van der Waals surface area (Å²) in [4.78, 5) is 19.1. The monoisotopic (exact) mass is 357 g/mol. The summed E-state index contributed by atoms with van der Waals surface area (Å²) in [5.41, 5.74) is 6.74. The van der Waals surface area contributed by atoms with Gasteiger partial charge in [0.15, 0.2) is 0 Å². The molecule has 26 heavy (non-hydrogen) atoms. The molecule has 1 heterocycles. The number of aromatic nitrogens is 1. The molecule has 0 aliphatic heterocycles. The Labute approximate surface area is 152 Å². The summed E-state index contributed by atoms with van der Waals surface area (Å²) in [5.74, 6) is -0.384. The predicted octanol–water partition coefficient (Wildman–Crippen LogP) is 2.37. The van der Waals surface area contributed by atoms with Crippen molar-refractivity contribution in [3.05, 3.63) is 53.9 Å². The topological polar surface area (TPSA) is 118 Å². The van der Waals surface area contributed by atoms with Crippen LogP contribution in [0.4, 0.5) is 0 Å². The second kappa shape index (κ2) is 10.1. The molecular formula is C19H23N3O4. The molecule has 0 radical (unpaired) electrons. The van der Waals surface area contributed by atoms with Gasteiger partial charge >= 0.3 is 5.97 Å². The SMILES string of the molecule is NC(CCCCN=Cc1c(O)cccc1OCc1ccccn1)C(=O)O. The van der Waals surface area contributed by atoms with Gasteiger partial charge in [-0.25, -0.2) is 0 Å². The lowest BCUT2D eigenvalue weighted by Crippen LogP contribution is -2.29. The fourth-order valence-electron chi connectivity index (χ4n) is 2.27. The summed E-state index contributed by atoms with van der Waals surface area (Å²) >= 11 is 0. The highest BCUT2D eigenvalue weighted by Crippen LogP contribution is 2.26. The zero-order valence-electron chi connectivity index (χ0n) is 14.4. The van der Waals surface area contributed by atoms with Crippen LogP contribution in [0.2, 0.25) is 0 Å². The van der Waals surface area contributed by atoms with Crippen LogP contribution in [0.1, 0.15) is 30.5 Å². The maximum Gasteiger partial charge on any atom is 0.320 e. The van der Waals surface area contributed by atoms with Crippen LogP contribution in [0.5, 0.6) is 11.5 Å². The molecule has 1 unspecified atom stereocenters. The first-order chi connectivity index (χ1) is 12.6. The number of aliphatic carboxylic acids is 1. The van der Waals surface area contributed by atoms with Crippen molar-refractivity contribution in [2.75, 3.05) is 6.54 Å². The van der Waals surface area contributed by atoms with Gasteiger partial charge in [0.25, 0.3) is 0 Å². The van der Waals surface area contributed by atoms with E-state index < -0.39 is 12.0 Å². The number of aromatic hydroxyl groups is 1. The summed E-state index contributed by atoms with van der Waals surface area (Å²) in [7, 11) is 0. The first-order valence-electron chi connectivity index (χ1n) is 8.41. The first kappa shape index (κ1) is 19.4. The fourth-order valence-corrected chi connectivity index (χ4v) is 2.27. The van der Waals surface area contributed by atoms with E-state index in [1.165, 1.54) is 0 Å². The second-order valence-electron chi connectivity index (χ2n) is 5.77. The number of hydrogen-bond donors (Lipinski definition) is 3. The Bertz CT molecular complexity index is 735. The van der Waals surface area contributed by atoms with Crippen molar-refractivity contribution in [2.45, 2.75) is 31.9 Å². The third-order valence-corrected chi connectivity index (χ3v) is 3.73. The number of ether oxygens (including phenoxy) is 1. The third-order valence-electron chi connectivity index (χ3n) is 3.73. The second-order valence-corrected chi connectivity index (χ2v) is 5.77. The Morgan fingerprint density at radius 3 is 2.85 bits per heavy atom. The van der Waals surface area contributed by atoms with Crippen molar-refractivity contribution in [1.29, 1.82) is 0 Å². The molecule has 4 N–H and O–H groups in total. The van der Waals surface area contributed by atoms with Crippen LogP contribution in [0.3, 0.4) is 0 Å². The molecule has 0 bridgehead atoms. The molecule has 0 aliphatic rings. The van der Waals surface area contributed by atoms with Gasteiger partial charge in [-0.15, -0.1) is 0 Å². The number of unbranched alkanes of at least 4 members (excludes halogenated alkanes) is 1. The maximum atomic E-state index is 10.6. The van der Waals surface area contributed by atoms with E-state index in [0.717, 1.165) is 12.1 Å². The number of carboxylic acids is 1. The van der Waals surface area contributed by atoms with Crippen LogP contribution in [-0.4, -0.2) is 40.0 Å². The minimum atomic E-state index is -0.989. The Morgan fingerprint density at radius 2 is 2.12 bits per heavy atom. The molecule has 1 atom stereocenters. The Hall–Kier alpha value is -2.93. The molecule has 1 aromatic carbocycles. The molecule has 1 aromatic heterocycles. The van der Waals surface area contributed by atoms with Gasteiger partial charge in [-0.2, -0.15) is 0 Å². The van der Waals surface area contributed by atoms with Crippen molar-refractivity contribution in [2.24, 2.45) is 10.7 Å². The van der Waals surface area contributed by atoms with Crippen LogP contribution in [0.15, 0.2) is 47.6 Å². The number of aliphatic imine (C=N–C) groups is 1. The number of nitrogens with zero attached hydrogens (tertiary/aromatic N) is 2. The molecule has 2 rings (SSSR count). The minimum Gasteiger partial charge on any atom is -0.507 e. The maximum absolute atomic E-state index is 10.6. The number of phenolic OH excluding ortho intramolecular Hbond substituents is 1. The van der Waals surface area contributed by atoms with E-state index in [1.54, 1.807) is 30.6 Å². The lowest BCUT2D eigenvalue weighted by molar-refractivity contribution is -0.138. The third kappa shape index (κ3) is 6.18. The molecular weight excluding hydrogens is 334 g/mol. The molecule has 0 saturated carbocycles. The average Bonchev–Trinajstić information content (AvgIpc) is 2.64. The number of pyridine rings is 1. The summed E-state index contributed by atoms with van der Waals surface area (Å²) in [6, 6.07) is 9.78. The van der Waals surface area contributed by atoms with E-state index >= 15 is 0 Å². The van der Waals surface area contributed by atoms with Gasteiger partial charge in [0.1, 0.15) is 24.1 Å². The van der Waals surface area contributed by atoms with Crippen molar-refractivity contribution in [3.8, 4) is 11.5 Å². The molecule has 7 nitrogen and oxygen atoms in total. The first-order valence-corrected chi connectivity index (χ1v) is 8.41. The van der Waals surface area contributed by atoms with Crippen LogP contribution in [0, 0.1) is 0 Å². The Balaban J connectivity index is 1.88. The molecule has 7 heteroatoms. The van der Waals surface area contributed by atoms with Crippen LogP contribution in [0.25, 0.3) is 0 Å². The zero-order chi connectivity index (χ0) is 18.8. The quantitative estimate of drug-likeness (QED) is 0.444. The van der Waals surface area contributed by atoms with Crippen LogP contribution < -0.4 is 10.5 Å². The molecule has 0 spiro atoms. The van der Waals surface area contributed by atoms with Gasteiger partial charge in [-0.1, -0.05) is 12.1 Å². The number of nitrogens with two attached hydrogens (primary N) is 1. The van der Waals surface area contributed by atoms with Crippen molar-refractivity contribution in [3.63, 3.8) is 0 Å². The zero-order valence-corrected chi connectivity index (χ0v) is 14.4. The summed E-state index contributed by atoms with van der Waals surface area (Å²) in [6.07, 6.45) is 5.07. The number of phenols is 1. The Kier molecular flexibility index (Phi) is 7.57. The summed E-state index contributed by atoms with van der Waals surface area (Å²) < 4.78 is 5.74. The lowest BCUT2D eigenvalue weighted by Gasteiger charge is -2.10. The fraction of sp³-hybridized carbons (Fsp3) is 0.316. The van der Waals surface area contributed by atoms with E-state index in [9.17, 15) is 9.90 Å². The predicted molar refractivity (Wildman–Crippen MR) is 98.6 cm³/mol. The highest BCUT2D eigenvalue weighted by molar-refractivity contribution is 5.87. The van der Waals surface area contributed by atoms with Crippen molar-refractivity contribution < 1.29 is 19.7 Å². The summed E-state index contributed by atoms with van der Waals surface area (Å²) in [6.45, 7) is 0.804. The van der Waals surface area contributed by atoms with E-state index in [-0.39, 0.29) is 12.4 Å². The molecule has 0 amide bonds. The van der Waals surface area contributed by atoms with Crippen LogP contribution in [-0.2, 0) is 11.4 Å². The van der Waals surface area contributed by atoms with Gasteiger partial charge in [0.2, 0.25) is 0 Å². The van der Waals surface area contributed by atoms with E-state index in [0.29, 0.717) is 30.7 Å². The van der Waals surface area contributed by atoms with Crippen molar-refractivity contribution in [1.82, 2.24) is 4.98 Å². The lowest BCUT2D eigenvalue weighted by atomic mass is 10.1. The molecule has 0 saturated heterocycles. The van der Waals surface area contributed by atoms with E-state index in [1.807, 2.05) is 18.2 Å². The molecule has 0 fully saturated rings. The van der Waals surface area contributed by atoms with Gasteiger partial charge in [-0.3, -0.25) is 14.8 Å². The van der Waals surface area contributed by atoms with Gasteiger partial charge in [-0.05, 0) is 43.5 Å². The van der Waals surface area contributed by atoms with Crippen molar-refractivity contribution >= 4 is 12.2 Å². The average molecular weight is 357 g/mol. The number of carbonyl (C=O) groups is 1. The van der Waals surface area contributed by atoms with Gasteiger partial charge in [0.05, 0.1) is 11.3 Å². The number of rotatable bonds is 10. The summed E-state index contributed by atoms with van der Waals surface area (Å²) in [5, 5.41) is 18.8. The van der Waals surface area contributed by atoms with Gasteiger partial charge < -0.3 is 20.7 Å². The van der Waals surface area contributed by atoms with Gasteiger partial charge in [0, 0.05) is 19.0 Å². The van der Waals surface area contributed by atoms with E-state index in [2.05, 4.69) is 9.98 Å². The Morgan fingerprint density at radius 1 is 1.27 bits per heavy atom. The smallest absolute Gasteiger partial charge is 0.320 e. The highest BCUT2D eigenvalue weighted by Gasteiger charge is 2.10. The number of benzene rings is 1. The number of carboxylic acid groups (broad SMARTS) is 1. The molecule has 2 aromatic rings. The van der Waals surface area contributed by atoms with E-state index in [4.69, 9.17) is 15.6 Å². The molecule has 138 valence electrons. The minimum absolute atomic E-state index is 0.0835. The normalized spacial score (nSPS) is 12.2. The number of hydrogen-bond acceptors (Lipinski definition) is 6. The highest BCUT2D eigenvalue weighted by atomic mass is 16.5. The molecule has 0 aliphatic carbocycles. The largest absolute Gasteiger partial charge is 0.507 e. The standard InChI is InChI=1S/C19H23N3O4/c20-16(19(24)25)7-2-3-10-21-12-15-17(23)8-5-9-18(15)26-13-14-6-1-4-11-22-14/h1,4-6,8-9,11-12,16,23H,2-3,7,10,13,20H2,(H,24,25). The van der Waals surface area contributed by atoms with Crippen LogP contribution >= 0.6 is 0 Å².